The van der Waals surface area contributed by atoms with Crippen molar-refractivity contribution in [2.75, 3.05) is 13.1 Å². The summed E-state index contributed by atoms with van der Waals surface area (Å²) in [6.07, 6.45) is 1.03. The van der Waals surface area contributed by atoms with Crippen molar-refractivity contribution in [3.05, 3.63) is 16.4 Å². The number of aryl methyl sites for hydroxylation is 2. The molecule has 3 nitrogen and oxygen atoms in total. The van der Waals surface area contributed by atoms with Crippen molar-refractivity contribution < 1.29 is 0 Å². The lowest BCUT2D eigenvalue weighted by Gasteiger charge is -2.39. The lowest BCUT2D eigenvalue weighted by Crippen LogP contribution is -2.52. The van der Waals surface area contributed by atoms with Gasteiger partial charge in [-0.2, -0.15) is 5.10 Å². The van der Waals surface area contributed by atoms with Gasteiger partial charge in [-0.15, -0.1) is 0 Å². The van der Waals surface area contributed by atoms with Gasteiger partial charge in [-0.1, -0.05) is 18.5 Å². The highest BCUT2D eigenvalue weighted by Crippen LogP contribution is 2.31. The van der Waals surface area contributed by atoms with Crippen LogP contribution in [0.25, 0.3) is 0 Å². The summed E-state index contributed by atoms with van der Waals surface area (Å²) in [7, 11) is 1.89. The molecule has 0 saturated carbocycles. The number of rotatable bonds is 2. The van der Waals surface area contributed by atoms with Gasteiger partial charge in [0.05, 0.1) is 5.69 Å². The predicted octanol–water partition coefficient (Wildman–Crippen LogP) is 1.53. The average molecular weight is 214 g/mol. The topological polar surface area (TPSA) is 29.9 Å². The second-order valence-corrected chi connectivity index (χ2v) is 4.93. The Morgan fingerprint density at radius 3 is 2.57 bits per heavy atom. The summed E-state index contributed by atoms with van der Waals surface area (Å²) >= 11 is 6.18. The second kappa shape index (κ2) is 3.24. The van der Waals surface area contributed by atoms with Crippen LogP contribution in [0.5, 0.6) is 0 Å². The van der Waals surface area contributed by atoms with E-state index >= 15 is 0 Å². The molecule has 1 aliphatic heterocycles. The summed E-state index contributed by atoms with van der Waals surface area (Å²) in [6, 6.07) is 0. The van der Waals surface area contributed by atoms with Crippen LogP contribution < -0.4 is 5.32 Å². The minimum absolute atomic E-state index is 0.372. The predicted molar refractivity (Wildman–Crippen MR) is 57.6 cm³/mol. The van der Waals surface area contributed by atoms with Gasteiger partial charge in [-0.3, -0.25) is 4.68 Å². The van der Waals surface area contributed by atoms with Crippen molar-refractivity contribution in [1.82, 2.24) is 15.1 Å². The van der Waals surface area contributed by atoms with E-state index in [0.717, 1.165) is 30.4 Å². The fourth-order valence-corrected chi connectivity index (χ4v) is 2.22. The van der Waals surface area contributed by atoms with Gasteiger partial charge >= 0.3 is 0 Å². The maximum Gasteiger partial charge on any atom is 0.130 e. The first-order chi connectivity index (χ1) is 6.52. The van der Waals surface area contributed by atoms with E-state index < -0.39 is 0 Å². The maximum absolute atomic E-state index is 6.18. The Morgan fingerprint density at radius 1 is 1.57 bits per heavy atom. The van der Waals surface area contributed by atoms with Crippen LogP contribution in [-0.4, -0.2) is 22.9 Å². The molecule has 0 unspecified atom stereocenters. The number of halogens is 1. The molecule has 1 aromatic rings. The molecular weight excluding hydrogens is 198 g/mol. The fraction of sp³-hybridized carbons (Fsp3) is 0.700. The quantitative estimate of drug-likeness (QED) is 0.808. The highest BCUT2D eigenvalue weighted by atomic mass is 35.5. The lowest BCUT2D eigenvalue weighted by molar-refractivity contribution is 0.195. The highest BCUT2D eigenvalue weighted by molar-refractivity contribution is 6.30. The second-order valence-electron chi connectivity index (χ2n) is 4.57. The molecule has 0 aromatic carbocycles. The van der Waals surface area contributed by atoms with Crippen LogP contribution in [-0.2, 0) is 13.5 Å². The van der Waals surface area contributed by atoms with Gasteiger partial charge in [0.25, 0.3) is 0 Å². The third-order valence-electron chi connectivity index (χ3n) is 2.98. The summed E-state index contributed by atoms with van der Waals surface area (Å²) < 4.78 is 1.75. The monoisotopic (exact) mass is 213 g/mol. The zero-order valence-electron chi connectivity index (χ0n) is 8.89. The molecule has 2 heterocycles. The minimum atomic E-state index is 0.372. The van der Waals surface area contributed by atoms with E-state index in [4.69, 9.17) is 11.6 Å². The Labute approximate surface area is 89.4 Å². The maximum atomic E-state index is 6.18. The lowest BCUT2D eigenvalue weighted by atomic mass is 9.78. The summed E-state index contributed by atoms with van der Waals surface area (Å²) in [6.45, 7) is 6.47. The van der Waals surface area contributed by atoms with Gasteiger partial charge in [0, 0.05) is 25.7 Å². The number of nitrogens with zero attached hydrogens (tertiary/aromatic N) is 2. The first kappa shape index (κ1) is 9.99. The van der Waals surface area contributed by atoms with Crippen LogP contribution in [0.2, 0.25) is 5.15 Å². The molecule has 4 heteroatoms. The van der Waals surface area contributed by atoms with Gasteiger partial charge in [-0.05, 0) is 18.8 Å². The van der Waals surface area contributed by atoms with Crippen LogP contribution in [0, 0.1) is 12.3 Å². The zero-order chi connectivity index (χ0) is 10.3. The summed E-state index contributed by atoms with van der Waals surface area (Å²) in [5, 5.41) is 8.40. The molecule has 0 atom stereocenters. The average Bonchev–Trinajstić information content (AvgIpc) is 2.29. The molecule has 1 N–H and O–H groups in total. The fourth-order valence-electron chi connectivity index (χ4n) is 1.98. The third kappa shape index (κ3) is 1.55. The zero-order valence-corrected chi connectivity index (χ0v) is 9.65. The van der Waals surface area contributed by atoms with Gasteiger partial charge in [-0.25, -0.2) is 0 Å². The van der Waals surface area contributed by atoms with Crippen LogP contribution >= 0.6 is 11.6 Å². The molecule has 1 aromatic heterocycles. The van der Waals surface area contributed by atoms with Crippen molar-refractivity contribution in [3.8, 4) is 0 Å². The standard InChI is InChI=1S/C10H16ClN3/c1-7-8(9(11)14(3)13-7)4-10(2)5-12-6-10/h12H,4-6H2,1-3H3. The summed E-state index contributed by atoms with van der Waals surface area (Å²) in [4.78, 5) is 0. The molecule has 0 spiro atoms. The molecule has 2 rings (SSSR count). The van der Waals surface area contributed by atoms with Gasteiger partial charge in [0.2, 0.25) is 0 Å². The van der Waals surface area contributed by atoms with E-state index in [0.29, 0.717) is 5.41 Å². The van der Waals surface area contributed by atoms with Gasteiger partial charge in [0.1, 0.15) is 5.15 Å². The highest BCUT2D eigenvalue weighted by Gasteiger charge is 2.33. The smallest absolute Gasteiger partial charge is 0.130 e. The van der Waals surface area contributed by atoms with Crippen LogP contribution in [0.15, 0.2) is 0 Å². The van der Waals surface area contributed by atoms with E-state index in [1.54, 1.807) is 4.68 Å². The van der Waals surface area contributed by atoms with E-state index in [1.165, 1.54) is 5.56 Å². The Hall–Kier alpha value is -0.540. The van der Waals surface area contributed by atoms with Gasteiger partial charge < -0.3 is 5.32 Å². The Kier molecular flexibility index (Phi) is 2.32. The van der Waals surface area contributed by atoms with Crippen molar-refractivity contribution in [2.24, 2.45) is 12.5 Å². The van der Waals surface area contributed by atoms with Crippen molar-refractivity contribution in [3.63, 3.8) is 0 Å². The molecule has 14 heavy (non-hydrogen) atoms. The molecule has 0 aliphatic carbocycles. The van der Waals surface area contributed by atoms with Crippen LogP contribution in [0.4, 0.5) is 0 Å². The van der Waals surface area contributed by atoms with Crippen molar-refractivity contribution >= 4 is 11.6 Å². The third-order valence-corrected chi connectivity index (χ3v) is 3.45. The largest absolute Gasteiger partial charge is 0.316 e. The number of nitrogens with one attached hydrogen (secondary N) is 1. The van der Waals surface area contributed by atoms with Gasteiger partial charge in [0.15, 0.2) is 0 Å². The number of aromatic nitrogens is 2. The number of hydrogen-bond acceptors (Lipinski definition) is 2. The number of hydrogen-bond donors (Lipinski definition) is 1. The Morgan fingerprint density at radius 2 is 2.21 bits per heavy atom. The molecular formula is C10H16ClN3. The minimum Gasteiger partial charge on any atom is -0.316 e. The molecule has 0 radical (unpaired) electrons. The molecule has 1 fully saturated rings. The summed E-state index contributed by atoms with van der Waals surface area (Å²) in [5.74, 6) is 0. The van der Waals surface area contributed by atoms with Crippen molar-refractivity contribution in [2.45, 2.75) is 20.3 Å². The molecule has 78 valence electrons. The SMILES string of the molecule is Cc1nn(C)c(Cl)c1CC1(C)CNC1. The summed E-state index contributed by atoms with van der Waals surface area (Å²) in [5.41, 5.74) is 2.64. The molecule has 1 aliphatic rings. The first-order valence-electron chi connectivity index (χ1n) is 4.90. The van der Waals surface area contributed by atoms with Crippen LogP contribution in [0.3, 0.4) is 0 Å². The molecule has 1 saturated heterocycles. The normalized spacial score (nSPS) is 19.4. The Balaban J connectivity index is 2.23. The van der Waals surface area contributed by atoms with E-state index in [2.05, 4.69) is 17.3 Å². The molecule has 0 amide bonds. The first-order valence-corrected chi connectivity index (χ1v) is 5.28. The molecule has 0 bridgehead atoms. The Bertz CT molecular complexity index is 352. The van der Waals surface area contributed by atoms with E-state index in [1.807, 2.05) is 14.0 Å². The van der Waals surface area contributed by atoms with Crippen LogP contribution in [0.1, 0.15) is 18.2 Å². The van der Waals surface area contributed by atoms with E-state index in [9.17, 15) is 0 Å². The van der Waals surface area contributed by atoms with E-state index in [-0.39, 0.29) is 0 Å². The van der Waals surface area contributed by atoms with Crippen molar-refractivity contribution in [1.29, 1.82) is 0 Å².